The summed E-state index contributed by atoms with van der Waals surface area (Å²) in [7, 11) is 0. The Labute approximate surface area is 183 Å². The Kier molecular flexibility index (Phi) is 5.86. The first-order valence-electron chi connectivity index (χ1n) is 9.49. The molecule has 3 N–H and O–H groups in total. The molecule has 0 bridgehead atoms. The van der Waals surface area contributed by atoms with Crippen molar-refractivity contribution in [2.45, 2.75) is 13.2 Å². The molecule has 0 spiro atoms. The van der Waals surface area contributed by atoms with Crippen molar-refractivity contribution in [3.05, 3.63) is 94.0 Å². The lowest BCUT2D eigenvalue weighted by Gasteiger charge is -2.10. The van der Waals surface area contributed by atoms with Crippen LogP contribution in [0.4, 0.5) is 16.2 Å². The molecule has 0 fully saturated rings. The van der Waals surface area contributed by atoms with Gasteiger partial charge >= 0.3 is 6.09 Å². The van der Waals surface area contributed by atoms with E-state index in [-0.39, 0.29) is 23.1 Å². The third-order valence-corrected chi connectivity index (χ3v) is 4.89. The number of rotatable bonds is 5. The summed E-state index contributed by atoms with van der Waals surface area (Å²) in [6.07, 6.45) is -0.665. The van der Waals surface area contributed by atoms with E-state index in [0.717, 1.165) is 11.1 Å². The Bertz CT molecular complexity index is 1160. The van der Waals surface area contributed by atoms with E-state index in [1.54, 1.807) is 18.2 Å². The van der Waals surface area contributed by atoms with Gasteiger partial charge in [0.1, 0.15) is 6.61 Å². The largest absolute Gasteiger partial charge is 0.444 e. The monoisotopic (exact) mass is 435 g/mol. The third kappa shape index (κ3) is 5.02. The minimum absolute atomic E-state index is 0.118. The van der Waals surface area contributed by atoms with Gasteiger partial charge in [0.05, 0.1) is 0 Å². The average molecular weight is 436 g/mol. The van der Waals surface area contributed by atoms with Gasteiger partial charge in [-0.05, 0) is 41.5 Å². The number of carbonyl (C=O) groups excluding carboxylic acids is 3. The number of fused-ring (bicyclic) bond motifs is 1. The number of halogens is 1. The maximum Gasteiger partial charge on any atom is 0.411 e. The SMILES string of the molecule is O=C(Nc1cc(Cl)cc(C(=O)Nc2ccc3c(c2)C(=O)NC3)c1)OCc1ccccc1. The summed E-state index contributed by atoms with van der Waals surface area (Å²) < 4.78 is 5.19. The number of benzene rings is 3. The molecular weight excluding hydrogens is 418 g/mol. The van der Waals surface area contributed by atoms with E-state index in [2.05, 4.69) is 16.0 Å². The Morgan fingerprint density at radius 1 is 0.968 bits per heavy atom. The summed E-state index contributed by atoms with van der Waals surface area (Å²) >= 11 is 6.12. The molecule has 0 saturated heterocycles. The van der Waals surface area contributed by atoms with E-state index in [1.807, 2.05) is 30.3 Å². The van der Waals surface area contributed by atoms with Gasteiger partial charge in [0, 0.05) is 34.1 Å². The van der Waals surface area contributed by atoms with Crippen LogP contribution in [-0.4, -0.2) is 17.9 Å². The first-order chi connectivity index (χ1) is 15.0. The number of nitrogens with one attached hydrogen (secondary N) is 3. The van der Waals surface area contributed by atoms with Gasteiger partial charge in [0.2, 0.25) is 0 Å². The Hall–Kier alpha value is -3.84. The summed E-state index contributed by atoms with van der Waals surface area (Å²) in [5.41, 5.74) is 3.32. The van der Waals surface area contributed by atoms with Crippen LogP contribution in [0.25, 0.3) is 0 Å². The first kappa shape index (κ1) is 20.4. The smallest absolute Gasteiger partial charge is 0.411 e. The number of anilines is 2. The summed E-state index contributed by atoms with van der Waals surface area (Å²) in [6.45, 7) is 0.596. The van der Waals surface area contributed by atoms with Gasteiger partial charge in [-0.3, -0.25) is 14.9 Å². The molecule has 0 atom stereocenters. The fourth-order valence-electron chi connectivity index (χ4n) is 3.16. The van der Waals surface area contributed by atoms with E-state index in [1.165, 1.54) is 18.2 Å². The molecule has 1 aliphatic heterocycles. The van der Waals surface area contributed by atoms with Crippen LogP contribution >= 0.6 is 11.6 Å². The van der Waals surface area contributed by atoms with Crippen molar-refractivity contribution < 1.29 is 19.1 Å². The number of ether oxygens (including phenoxy) is 1. The Balaban J connectivity index is 1.42. The standard InChI is InChI=1S/C23H18ClN3O4/c24-17-8-16(21(28)26-18-7-6-15-12-25-22(29)20(15)11-18)9-19(10-17)27-23(30)31-13-14-4-2-1-3-5-14/h1-11H,12-13H2,(H,25,29)(H,26,28)(H,27,30). The summed E-state index contributed by atoms with van der Waals surface area (Å²) in [5, 5.41) is 8.32. The molecule has 0 unspecified atom stereocenters. The number of hydrogen-bond donors (Lipinski definition) is 3. The van der Waals surface area contributed by atoms with Crippen LogP contribution in [0.15, 0.2) is 66.7 Å². The van der Waals surface area contributed by atoms with Crippen molar-refractivity contribution in [3.63, 3.8) is 0 Å². The quantitative estimate of drug-likeness (QED) is 0.546. The van der Waals surface area contributed by atoms with Gasteiger partial charge in [0.25, 0.3) is 11.8 Å². The summed E-state index contributed by atoms with van der Waals surface area (Å²) in [5.74, 6) is -0.601. The number of amides is 3. The Morgan fingerprint density at radius 3 is 2.58 bits per heavy atom. The lowest BCUT2D eigenvalue weighted by molar-refractivity contribution is 0.0964. The molecule has 8 heteroatoms. The van der Waals surface area contributed by atoms with Crippen molar-refractivity contribution >= 4 is 40.9 Å². The average Bonchev–Trinajstić information content (AvgIpc) is 3.13. The first-order valence-corrected chi connectivity index (χ1v) is 9.86. The molecule has 1 heterocycles. The molecule has 1 aliphatic rings. The summed E-state index contributed by atoms with van der Waals surface area (Å²) in [4.78, 5) is 36.6. The van der Waals surface area contributed by atoms with Gasteiger partial charge in [-0.15, -0.1) is 0 Å². The second kappa shape index (κ2) is 8.89. The predicted molar refractivity (Wildman–Crippen MR) is 117 cm³/mol. The van der Waals surface area contributed by atoms with Crippen molar-refractivity contribution in [1.82, 2.24) is 5.32 Å². The lowest BCUT2D eigenvalue weighted by atomic mass is 10.1. The van der Waals surface area contributed by atoms with E-state index < -0.39 is 12.0 Å². The van der Waals surface area contributed by atoms with Crippen molar-refractivity contribution in [2.75, 3.05) is 10.6 Å². The predicted octanol–water partition coefficient (Wildman–Crippen LogP) is 4.58. The van der Waals surface area contributed by atoms with E-state index in [9.17, 15) is 14.4 Å². The van der Waals surface area contributed by atoms with Crippen LogP contribution in [0.5, 0.6) is 0 Å². The highest BCUT2D eigenvalue weighted by Gasteiger charge is 2.19. The highest BCUT2D eigenvalue weighted by Crippen LogP contribution is 2.23. The van der Waals surface area contributed by atoms with Crippen LogP contribution in [0.3, 0.4) is 0 Å². The van der Waals surface area contributed by atoms with Gasteiger partial charge in [-0.2, -0.15) is 0 Å². The fraction of sp³-hybridized carbons (Fsp3) is 0.0870. The van der Waals surface area contributed by atoms with E-state index in [0.29, 0.717) is 23.5 Å². The molecule has 3 amide bonds. The molecule has 31 heavy (non-hydrogen) atoms. The van der Waals surface area contributed by atoms with Crippen LogP contribution in [0.1, 0.15) is 31.8 Å². The Morgan fingerprint density at radius 2 is 1.77 bits per heavy atom. The zero-order valence-electron chi connectivity index (χ0n) is 16.3. The maximum absolute atomic E-state index is 12.7. The zero-order valence-corrected chi connectivity index (χ0v) is 17.0. The molecule has 3 aromatic rings. The molecule has 0 saturated carbocycles. The molecule has 3 aromatic carbocycles. The van der Waals surface area contributed by atoms with Gasteiger partial charge < -0.3 is 15.4 Å². The number of hydrogen-bond acceptors (Lipinski definition) is 4. The highest BCUT2D eigenvalue weighted by atomic mass is 35.5. The van der Waals surface area contributed by atoms with Crippen LogP contribution in [0, 0.1) is 0 Å². The second-order valence-electron chi connectivity index (χ2n) is 6.92. The molecule has 0 radical (unpaired) electrons. The van der Waals surface area contributed by atoms with Crippen LogP contribution < -0.4 is 16.0 Å². The molecule has 7 nitrogen and oxygen atoms in total. The van der Waals surface area contributed by atoms with E-state index >= 15 is 0 Å². The van der Waals surface area contributed by atoms with Gasteiger partial charge in [0.15, 0.2) is 0 Å². The molecule has 4 rings (SSSR count). The third-order valence-electron chi connectivity index (χ3n) is 4.67. The summed E-state index contributed by atoms with van der Waals surface area (Å²) in [6, 6.07) is 18.9. The van der Waals surface area contributed by atoms with E-state index in [4.69, 9.17) is 16.3 Å². The minimum Gasteiger partial charge on any atom is -0.444 e. The zero-order chi connectivity index (χ0) is 21.8. The van der Waals surface area contributed by atoms with Gasteiger partial charge in [-0.25, -0.2) is 4.79 Å². The van der Waals surface area contributed by atoms with Crippen molar-refractivity contribution in [1.29, 1.82) is 0 Å². The van der Waals surface area contributed by atoms with Crippen molar-refractivity contribution in [3.8, 4) is 0 Å². The van der Waals surface area contributed by atoms with Crippen LogP contribution in [0.2, 0.25) is 5.02 Å². The molecule has 156 valence electrons. The second-order valence-corrected chi connectivity index (χ2v) is 7.36. The van der Waals surface area contributed by atoms with Crippen molar-refractivity contribution in [2.24, 2.45) is 0 Å². The maximum atomic E-state index is 12.7. The lowest BCUT2D eigenvalue weighted by Crippen LogP contribution is -2.16. The normalized spacial score (nSPS) is 12.0. The van der Waals surface area contributed by atoms with Gasteiger partial charge in [-0.1, -0.05) is 48.0 Å². The fourth-order valence-corrected chi connectivity index (χ4v) is 3.40. The minimum atomic E-state index is -0.665. The highest BCUT2D eigenvalue weighted by molar-refractivity contribution is 6.31. The topological polar surface area (TPSA) is 96.5 Å². The van der Waals surface area contributed by atoms with Crippen LogP contribution in [-0.2, 0) is 17.9 Å². The molecule has 0 aliphatic carbocycles. The molecular formula is C23H18ClN3O4. The molecule has 0 aromatic heterocycles. The number of carbonyl (C=O) groups is 3.